The summed E-state index contributed by atoms with van der Waals surface area (Å²) >= 11 is 5.83. The van der Waals surface area contributed by atoms with Crippen LogP contribution in [0.15, 0.2) is 54.7 Å². The van der Waals surface area contributed by atoms with Gasteiger partial charge in [0.05, 0.1) is 24.5 Å². The fourth-order valence-corrected chi connectivity index (χ4v) is 4.45. The second-order valence-corrected chi connectivity index (χ2v) is 9.93. The van der Waals surface area contributed by atoms with Crippen LogP contribution in [0.5, 0.6) is 5.75 Å². The molecular formula is C26H31N5O2S. The Balaban J connectivity index is 1.78. The number of benzene rings is 1. The van der Waals surface area contributed by atoms with Crippen LogP contribution in [0.4, 0.5) is 11.4 Å². The minimum absolute atomic E-state index is 0.0794. The highest BCUT2D eigenvalue weighted by Gasteiger charge is 2.42. The van der Waals surface area contributed by atoms with Crippen LogP contribution in [0.25, 0.3) is 0 Å². The molecule has 0 radical (unpaired) electrons. The van der Waals surface area contributed by atoms with Crippen molar-refractivity contribution >= 4 is 34.6 Å². The maximum Gasteiger partial charge on any atom is 0.229 e. The van der Waals surface area contributed by atoms with Gasteiger partial charge in [0.15, 0.2) is 5.11 Å². The number of ether oxygens (including phenoxy) is 1. The van der Waals surface area contributed by atoms with Crippen LogP contribution in [0, 0.1) is 12.3 Å². The van der Waals surface area contributed by atoms with E-state index >= 15 is 0 Å². The number of hydrogen-bond donors (Lipinski definition) is 2. The molecule has 178 valence electrons. The molecule has 0 unspecified atom stereocenters. The van der Waals surface area contributed by atoms with Gasteiger partial charge in [-0.2, -0.15) is 0 Å². The van der Waals surface area contributed by atoms with Crippen LogP contribution >= 0.6 is 12.2 Å². The summed E-state index contributed by atoms with van der Waals surface area (Å²) < 4.78 is 7.83. The molecule has 0 spiro atoms. The summed E-state index contributed by atoms with van der Waals surface area (Å²) in [5.41, 5.74) is 4.16. The molecule has 4 rings (SSSR count). The molecule has 1 fully saturated rings. The van der Waals surface area contributed by atoms with Crippen molar-refractivity contribution in [3.05, 3.63) is 71.8 Å². The summed E-state index contributed by atoms with van der Waals surface area (Å²) in [5.74, 6) is 0.491. The van der Waals surface area contributed by atoms with Crippen molar-refractivity contribution in [2.24, 2.45) is 12.5 Å². The number of carbonyl (C=O) groups excluding carboxylic acids is 1. The third-order valence-electron chi connectivity index (χ3n) is 6.21. The van der Waals surface area contributed by atoms with Gasteiger partial charge in [0.1, 0.15) is 11.8 Å². The van der Waals surface area contributed by atoms with Crippen molar-refractivity contribution in [2.45, 2.75) is 39.8 Å². The van der Waals surface area contributed by atoms with Crippen LogP contribution in [-0.4, -0.2) is 27.7 Å². The average Bonchev–Trinajstić information content (AvgIpc) is 3.32. The quantitative estimate of drug-likeness (QED) is 0.510. The molecule has 1 saturated heterocycles. The lowest BCUT2D eigenvalue weighted by molar-refractivity contribution is -0.123. The highest BCUT2D eigenvalue weighted by atomic mass is 32.1. The Morgan fingerprint density at radius 1 is 1.18 bits per heavy atom. The molecule has 8 heteroatoms. The van der Waals surface area contributed by atoms with Gasteiger partial charge in [-0.3, -0.25) is 9.78 Å². The first-order chi connectivity index (χ1) is 16.1. The van der Waals surface area contributed by atoms with Gasteiger partial charge < -0.3 is 24.8 Å². The standard InChI is InChI=1S/C26H31N5O2S/c1-16-10-13-20(30(16)5)23-22(19-9-7-8-14-27-19)29-25(34)31(23)17-11-12-18(21(15-17)33-6)28-24(32)26(2,3)4/h7-15,22-23H,1-6H3,(H,28,32)(H,29,34)/t22-,23-/m0/s1. The van der Waals surface area contributed by atoms with Gasteiger partial charge >= 0.3 is 0 Å². The number of aryl methyl sites for hydroxylation is 1. The number of nitrogens with one attached hydrogen (secondary N) is 2. The van der Waals surface area contributed by atoms with E-state index in [0.29, 0.717) is 16.5 Å². The number of aromatic nitrogens is 2. The first-order valence-corrected chi connectivity index (χ1v) is 11.6. The Hall–Kier alpha value is -3.39. The van der Waals surface area contributed by atoms with Crippen LogP contribution in [0.2, 0.25) is 0 Å². The fourth-order valence-electron chi connectivity index (χ4n) is 4.11. The zero-order valence-corrected chi connectivity index (χ0v) is 21.2. The second kappa shape index (κ2) is 9.10. The van der Waals surface area contributed by atoms with Crippen molar-refractivity contribution in [3.63, 3.8) is 0 Å². The predicted molar refractivity (Wildman–Crippen MR) is 139 cm³/mol. The van der Waals surface area contributed by atoms with Crippen LogP contribution in [0.1, 0.15) is 49.9 Å². The summed E-state index contributed by atoms with van der Waals surface area (Å²) in [6, 6.07) is 15.6. The molecule has 0 saturated carbocycles. The second-order valence-electron chi connectivity index (χ2n) is 9.54. The molecule has 3 heterocycles. The third kappa shape index (κ3) is 4.37. The summed E-state index contributed by atoms with van der Waals surface area (Å²) in [5, 5.41) is 7.06. The number of thiocarbonyl (C=S) groups is 1. The summed E-state index contributed by atoms with van der Waals surface area (Å²) in [6.07, 6.45) is 1.80. The summed E-state index contributed by atoms with van der Waals surface area (Å²) in [4.78, 5) is 19.3. The van der Waals surface area contributed by atoms with E-state index in [1.807, 2.05) is 57.2 Å². The van der Waals surface area contributed by atoms with Gasteiger partial charge in [-0.1, -0.05) is 26.8 Å². The van der Waals surface area contributed by atoms with Crippen molar-refractivity contribution in [1.29, 1.82) is 0 Å². The first kappa shape index (κ1) is 23.8. The largest absolute Gasteiger partial charge is 0.494 e. The molecule has 3 aromatic rings. The van der Waals surface area contributed by atoms with Gasteiger partial charge in [0.2, 0.25) is 5.91 Å². The Kier molecular flexibility index (Phi) is 6.36. The lowest BCUT2D eigenvalue weighted by Crippen LogP contribution is -2.30. The van der Waals surface area contributed by atoms with Gasteiger partial charge in [0, 0.05) is 41.8 Å². The topological polar surface area (TPSA) is 71.4 Å². The molecule has 0 aliphatic carbocycles. The zero-order chi connectivity index (χ0) is 24.6. The van der Waals surface area contributed by atoms with E-state index in [1.165, 1.54) is 0 Å². The Labute approximate surface area is 206 Å². The number of anilines is 2. The molecule has 34 heavy (non-hydrogen) atoms. The van der Waals surface area contributed by atoms with Crippen molar-refractivity contribution in [3.8, 4) is 5.75 Å². The normalized spacial score (nSPS) is 18.1. The maximum atomic E-state index is 12.6. The minimum Gasteiger partial charge on any atom is -0.494 e. The first-order valence-electron chi connectivity index (χ1n) is 11.2. The minimum atomic E-state index is -0.518. The van der Waals surface area contributed by atoms with Crippen LogP contribution in [-0.2, 0) is 11.8 Å². The summed E-state index contributed by atoms with van der Waals surface area (Å²) in [6.45, 7) is 7.71. The van der Waals surface area contributed by atoms with E-state index in [9.17, 15) is 4.79 Å². The number of amides is 1. The van der Waals surface area contributed by atoms with Gasteiger partial charge in [0.25, 0.3) is 0 Å². The van der Waals surface area contributed by atoms with Crippen molar-refractivity contribution in [2.75, 3.05) is 17.3 Å². The molecule has 1 aliphatic rings. The Morgan fingerprint density at radius 2 is 1.94 bits per heavy atom. The Bertz CT molecular complexity index is 1220. The lowest BCUT2D eigenvalue weighted by Gasteiger charge is -2.29. The zero-order valence-electron chi connectivity index (χ0n) is 20.4. The number of rotatable bonds is 5. The highest BCUT2D eigenvalue weighted by molar-refractivity contribution is 7.80. The van der Waals surface area contributed by atoms with Crippen molar-refractivity contribution < 1.29 is 9.53 Å². The lowest BCUT2D eigenvalue weighted by atomic mass is 9.95. The number of methoxy groups -OCH3 is 1. The molecule has 7 nitrogen and oxygen atoms in total. The number of nitrogens with zero attached hydrogens (tertiary/aromatic N) is 3. The summed E-state index contributed by atoms with van der Waals surface area (Å²) in [7, 11) is 3.66. The molecule has 2 atom stereocenters. The van der Waals surface area contributed by atoms with E-state index in [4.69, 9.17) is 17.0 Å². The molecule has 1 amide bonds. The fraction of sp³-hybridized carbons (Fsp3) is 0.346. The molecule has 2 aromatic heterocycles. The predicted octanol–water partition coefficient (Wildman–Crippen LogP) is 4.90. The molecular weight excluding hydrogens is 446 g/mol. The smallest absolute Gasteiger partial charge is 0.229 e. The van der Waals surface area contributed by atoms with Crippen LogP contribution in [0.3, 0.4) is 0 Å². The Morgan fingerprint density at radius 3 is 2.53 bits per heavy atom. The SMILES string of the molecule is COc1cc(N2C(=S)N[C@@H](c3ccccn3)[C@@H]2c2ccc(C)n2C)ccc1NC(=O)C(C)(C)C. The molecule has 1 aromatic carbocycles. The van der Waals surface area contributed by atoms with E-state index in [2.05, 4.69) is 51.2 Å². The van der Waals surface area contributed by atoms with Gasteiger partial charge in [-0.25, -0.2) is 0 Å². The molecule has 2 N–H and O–H groups in total. The van der Waals surface area contributed by atoms with Gasteiger partial charge in [-0.05, 0) is 55.5 Å². The molecule has 1 aliphatic heterocycles. The number of pyridine rings is 1. The number of hydrogen-bond acceptors (Lipinski definition) is 4. The number of carbonyl (C=O) groups is 1. The average molecular weight is 478 g/mol. The van der Waals surface area contributed by atoms with Crippen LogP contribution < -0.4 is 20.3 Å². The monoisotopic (exact) mass is 477 g/mol. The van der Waals surface area contributed by atoms with E-state index in [-0.39, 0.29) is 18.0 Å². The highest BCUT2D eigenvalue weighted by Crippen LogP contribution is 2.43. The van der Waals surface area contributed by atoms with Crippen molar-refractivity contribution in [1.82, 2.24) is 14.9 Å². The van der Waals surface area contributed by atoms with E-state index in [1.54, 1.807) is 13.3 Å². The van der Waals surface area contributed by atoms with Gasteiger partial charge in [-0.15, -0.1) is 0 Å². The third-order valence-corrected chi connectivity index (χ3v) is 6.52. The maximum absolute atomic E-state index is 12.6. The molecule has 0 bridgehead atoms. The van der Waals surface area contributed by atoms with E-state index in [0.717, 1.165) is 22.8 Å². The van der Waals surface area contributed by atoms with E-state index < -0.39 is 5.41 Å².